The van der Waals surface area contributed by atoms with Gasteiger partial charge in [-0.2, -0.15) is 0 Å². The zero-order valence-corrected chi connectivity index (χ0v) is 14.2. The van der Waals surface area contributed by atoms with Crippen LogP contribution in [0.25, 0.3) is 0 Å². The van der Waals surface area contributed by atoms with Gasteiger partial charge in [0.05, 0.1) is 0 Å². The highest BCUT2D eigenvalue weighted by Gasteiger charge is 2.10. The lowest BCUT2D eigenvalue weighted by Crippen LogP contribution is -2.39. The van der Waals surface area contributed by atoms with Gasteiger partial charge in [-0.1, -0.05) is 23.7 Å². The topological polar surface area (TPSA) is 39.7 Å². The zero-order valence-electron chi connectivity index (χ0n) is 13.4. The van der Waals surface area contributed by atoms with Gasteiger partial charge in [-0.3, -0.25) is 4.99 Å². The van der Waals surface area contributed by atoms with Crippen LogP contribution in [-0.4, -0.2) is 50.6 Å². The molecule has 1 saturated heterocycles. The molecule has 0 aliphatic carbocycles. The van der Waals surface area contributed by atoms with Gasteiger partial charge in [0.15, 0.2) is 5.96 Å². The second-order valence-corrected chi connectivity index (χ2v) is 6.14. The maximum absolute atomic E-state index is 5.89. The second kappa shape index (κ2) is 9.70. The van der Waals surface area contributed by atoms with Crippen molar-refractivity contribution in [3.05, 3.63) is 34.9 Å². The Bertz CT molecular complexity index is 452. The van der Waals surface area contributed by atoms with Crippen LogP contribution < -0.4 is 10.6 Å². The normalized spacial score (nSPS) is 16.0. The van der Waals surface area contributed by atoms with Gasteiger partial charge in [-0.15, -0.1) is 0 Å². The molecule has 1 aromatic rings. The minimum atomic E-state index is 0.784. The van der Waals surface area contributed by atoms with Gasteiger partial charge in [0.1, 0.15) is 0 Å². The molecule has 0 amide bonds. The molecule has 4 nitrogen and oxygen atoms in total. The van der Waals surface area contributed by atoms with Gasteiger partial charge >= 0.3 is 0 Å². The van der Waals surface area contributed by atoms with Crippen LogP contribution in [0.3, 0.4) is 0 Å². The van der Waals surface area contributed by atoms with Gasteiger partial charge in [0, 0.05) is 25.2 Å². The molecule has 0 radical (unpaired) electrons. The zero-order chi connectivity index (χ0) is 15.6. The minimum absolute atomic E-state index is 0.784. The standard InChI is InChI=1S/C17H27ClN4/c1-19-17(20-10-4-14-22-12-2-3-13-22)21-11-9-15-5-7-16(18)8-6-15/h5-8H,2-4,9-14H2,1H3,(H2,19,20,21). The van der Waals surface area contributed by atoms with E-state index in [-0.39, 0.29) is 0 Å². The van der Waals surface area contributed by atoms with Crippen molar-refractivity contribution in [2.45, 2.75) is 25.7 Å². The molecule has 22 heavy (non-hydrogen) atoms. The van der Waals surface area contributed by atoms with Crippen molar-refractivity contribution < 1.29 is 0 Å². The number of hydrogen-bond acceptors (Lipinski definition) is 2. The molecular weight excluding hydrogens is 296 g/mol. The molecule has 1 heterocycles. The minimum Gasteiger partial charge on any atom is -0.356 e. The number of likely N-dealkylation sites (tertiary alicyclic amines) is 1. The third-order valence-corrected chi connectivity index (χ3v) is 4.24. The maximum Gasteiger partial charge on any atom is 0.190 e. The quantitative estimate of drug-likeness (QED) is 0.460. The number of nitrogens with zero attached hydrogens (tertiary/aromatic N) is 2. The van der Waals surface area contributed by atoms with E-state index in [0.29, 0.717) is 0 Å². The van der Waals surface area contributed by atoms with Crippen molar-refractivity contribution in [3.63, 3.8) is 0 Å². The number of guanidine groups is 1. The Balaban J connectivity index is 1.57. The second-order valence-electron chi connectivity index (χ2n) is 5.70. The maximum atomic E-state index is 5.89. The molecule has 1 fully saturated rings. The Morgan fingerprint density at radius 1 is 1.14 bits per heavy atom. The molecule has 0 aromatic heterocycles. The van der Waals surface area contributed by atoms with Crippen LogP contribution in [0.4, 0.5) is 0 Å². The van der Waals surface area contributed by atoms with E-state index in [1.165, 1.54) is 38.0 Å². The van der Waals surface area contributed by atoms with E-state index in [2.05, 4.69) is 32.7 Å². The largest absolute Gasteiger partial charge is 0.356 e. The average Bonchev–Trinajstić information content (AvgIpc) is 3.05. The van der Waals surface area contributed by atoms with E-state index in [1.54, 1.807) is 0 Å². The fourth-order valence-corrected chi connectivity index (χ4v) is 2.84. The number of benzene rings is 1. The van der Waals surface area contributed by atoms with E-state index >= 15 is 0 Å². The van der Waals surface area contributed by atoms with Crippen LogP contribution in [0.1, 0.15) is 24.8 Å². The smallest absolute Gasteiger partial charge is 0.190 e. The molecule has 2 N–H and O–H groups in total. The van der Waals surface area contributed by atoms with E-state index in [9.17, 15) is 0 Å². The lowest BCUT2D eigenvalue weighted by atomic mass is 10.1. The Hall–Kier alpha value is -1.26. The lowest BCUT2D eigenvalue weighted by Gasteiger charge is -2.16. The highest BCUT2D eigenvalue weighted by Crippen LogP contribution is 2.09. The molecule has 0 unspecified atom stereocenters. The average molecular weight is 323 g/mol. The SMILES string of the molecule is CN=C(NCCCN1CCCC1)NCCc1ccc(Cl)cc1. The third kappa shape index (κ3) is 6.24. The molecular formula is C17H27ClN4. The first-order chi connectivity index (χ1) is 10.8. The molecule has 122 valence electrons. The van der Waals surface area contributed by atoms with E-state index < -0.39 is 0 Å². The molecule has 0 spiro atoms. The summed E-state index contributed by atoms with van der Waals surface area (Å²) in [5.74, 6) is 0.885. The van der Waals surface area contributed by atoms with Gasteiger partial charge < -0.3 is 15.5 Å². The first-order valence-corrected chi connectivity index (χ1v) is 8.57. The van der Waals surface area contributed by atoms with Crippen molar-refractivity contribution in [3.8, 4) is 0 Å². The molecule has 1 aromatic carbocycles. The number of halogens is 1. The molecule has 0 bridgehead atoms. The molecule has 2 rings (SSSR count). The van der Waals surface area contributed by atoms with Crippen LogP contribution in [-0.2, 0) is 6.42 Å². The lowest BCUT2D eigenvalue weighted by molar-refractivity contribution is 0.334. The summed E-state index contributed by atoms with van der Waals surface area (Å²) in [5, 5.41) is 7.52. The molecule has 1 aliphatic rings. The van der Waals surface area contributed by atoms with Crippen LogP contribution in [0, 0.1) is 0 Å². The Kier molecular flexibility index (Phi) is 7.54. The molecule has 0 saturated carbocycles. The van der Waals surface area contributed by atoms with Crippen molar-refractivity contribution in [1.29, 1.82) is 0 Å². The summed E-state index contributed by atoms with van der Waals surface area (Å²) in [6.45, 7) is 5.57. The third-order valence-electron chi connectivity index (χ3n) is 3.99. The summed E-state index contributed by atoms with van der Waals surface area (Å²) in [6, 6.07) is 8.00. The number of aliphatic imine (C=N–C) groups is 1. The Morgan fingerprint density at radius 2 is 1.82 bits per heavy atom. The predicted molar refractivity (Wildman–Crippen MR) is 94.8 cm³/mol. The number of hydrogen-bond donors (Lipinski definition) is 2. The molecule has 5 heteroatoms. The summed E-state index contributed by atoms with van der Waals surface area (Å²) in [7, 11) is 1.82. The van der Waals surface area contributed by atoms with Crippen LogP contribution in [0.2, 0.25) is 5.02 Å². The predicted octanol–water partition coefficient (Wildman–Crippen LogP) is 2.53. The Morgan fingerprint density at radius 3 is 2.50 bits per heavy atom. The summed E-state index contributed by atoms with van der Waals surface area (Å²) >= 11 is 5.89. The molecule has 0 atom stereocenters. The summed E-state index contributed by atoms with van der Waals surface area (Å²) in [5.41, 5.74) is 1.28. The summed E-state index contributed by atoms with van der Waals surface area (Å²) in [4.78, 5) is 6.80. The van der Waals surface area contributed by atoms with Crippen molar-refractivity contribution in [2.75, 3.05) is 39.8 Å². The summed E-state index contributed by atoms with van der Waals surface area (Å²) < 4.78 is 0. The number of nitrogens with one attached hydrogen (secondary N) is 2. The first-order valence-electron chi connectivity index (χ1n) is 8.19. The van der Waals surface area contributed by atoms with Crippen molar-refractivity contribution in [1.82, 2.24) is 15.5 Å². The Labute approximate surface area is 138 Å². The highest BCUT2D eigenvalue weighted by atomic mass is 35.5. The number of rotatable bonds is 7. The van der Waals surface area contributed by atoms with Crippen molar-refractivity contribution >= 4 is 17.6 Å². The van der Waals surface area contributed by atoms with Gasteiger partial charge in [0.2, 0.25) is 0 Å². The van der Waals surface area contributed by atoms with Crippen LogP contribution in [0.5, 0.6) is 0 Å². The molecule has 1 aliphatic heterocycles. The van der Waals surface area contributed by atoms with E-state index in [4.69, 9.17) is 11.6 Å². The van der Waals surface area contributed by atoms with E-state index in [0.717, 1.165) is 36.9 Å². The van der Waals surface area contributed by atoms with Gasteiger partial charge in [-0.05, 0) is 63.0 Å². The van der Waals surface area contributed by atoms with E-state index in [1.807, 2.05) is 19.2 Å². The highest BCUT2D eigenvalue weighted by molar-refractivity contribution is 6.30. The van der Waals surface area contributed by atoms with Crippen LogP contribution in [0.15, 0.2) is 29.3 Å². The van der Waals surface area contributed by atoms with Gasteiger partial charge in [0.25, 0.3) is 0 Å². The van der Waals surface area contributed by atoms with Gasteiger partial charge in [-0.25, -0.2) is 0 Å². The fraction of sp³-hybridized carbons (Fsp3) is 0.588. The fourth-order valence-electron chi connectivity index (χ4n) is 2.71. The van der Waals surface area contributed by atoms with Crippen LogP contribution >= 0.6 is 11.6 Å². The van der Waals surface area contributed by atoms with Crippen molar-refractivity contribution in [2.24, 2.45) is 4.99 Å². The summed E-state index contributed by atoms with van der Waals surface area (Å²) in [6.07, 6.45) is 4.85. The monoisotopic (exact) mass is 322 g/mol. The first kappa shape index (κ1) is 17.1.